The number of hydrogen-bond donors (Lipinski definition) is 0. The van der Waals surface area contributed by atoms with Gasteiger partial charge in [0.15, 0.2) is 0 Å². The Morgan fingerprint density at radius 3 is 2.11 bits per heavy atom. The van der Waals surface area contributed by atoms with Crippen LogP contribution in [-0.4, -0.2) is 52.8 Å². The molecule has 2 aliphatic rings. The van der Waals surface area contributed by atoms with E-state index in [4.69, 9.17) is 0 Å². The van der Waals surface area contributed by atoms with E-state index >= 15 is 0 Å². The fraction of sp³-hybridized carbons (Fsp3) is 0.533. The maximum atomic E-state index is 13.5. The highest BCUT2D eigenvalue weighted by atomic mass is 16.2. The lowest BCUT2D eigenvalue weighted by atomic mass is 9.74. The molecule has 0 N–H and O–H groups in total. The summed E-state index contributed by atoms with van der Waals surface area (Å²) in [4.78, 5) is 35.2. The zero-order valence-corrected chi connectivity index (χ0v) is 22.3. The van der Waals surface area contributed by atoms with E-state index in [-0.39, 0.29) is 17.2 Å². The van der Waals surface area contributed by atoms with Gasteiger partial charge >= 0.3 is 0 Å². The SMILES string of the molecule is Cc1nc(C(=O)N2CCC(C#N)(c3ccccc3)CC2)cc(C(=O)N2CCC(C(C)(C)C)CC2)c1C. The third-order valence-corrected chi connectivity index (χ3v) is 8.42. The molecule has 0 bridgehead atoms. The number of hydrogen-bond acceptors (Lipinski definition) is 4. The normalized spacial score (nSPS) is 18.6. The van der Waals surface area contributed by atoms with Crippen LogP contribution in [0.15, 0.2) is 36.4 Å². The molecule has 0 saturated carbocycles. The molecule has 2 amide bonds. The van der Waals surface area contributed by atoms with Crippen LogP contribution in [0.3, 0.4) is 0 Å². The van der Waals surface area contributed by atoms with Gasteiger partial charge in [-0.15, -0.1) is 0 Å². The summed E-state index contributed by atoms with van der Waals surface area (Å²) in [5.41, 5.74) is 3.11. The van der Waals surface area contributed by atoms with Crippen LogP contribution in [-0.2, 0) is 5.41 Å². The quantitative estimate of drug-likeness (QED) is 0.590. The molecule has 0 aliphatic carbocycles. The summed E-state index contributed by atoms with van der Waals surface area (Å²) in [6.45, 7) is 13.0. The van der Waals surface area contributed by atoms with Gasteiger partial charge in [0.05, 0.1) is 11.5 Å². The minimum Gasteiger partial charge on any atom is -0.339 e. The van der Waals surface area contributed by atoms with Crippen molar-refractivity contribution in [3.05, 3.63) is 64.5 Å². The van der Waals surface area contributed by atoms with Crippen molar-refractivity contribution in [2.45, 2.75) is 65.7 Å². The predicted octanol–water partition coefficient (Wildman–Crippen LogP) is 5.29. The van der Waals surface area contributed by atoms with Crippen molar-refractivity contribution in [2.24, 2.45) is 11.3 Å². The standard InChI is InChI=1S/C30H38N4O2/c1-21-22(2)32-26(19-25(21)27(35)33-15-11-23(12-16-33)29(3,4)5)28(36)34-17-13-30(20-31,14-18-34)24-9-7-6-8-10-24/h6-10,19,23H,11-18H2,1-5H3. The molecule has 4 rings (SSSR count). The summed E-state index contributed by atoms with van der Waals surface area (Å²) in [6.07, 6.45) is 3.16. The molecule has 0 spiro atoms. The van der Waals surface area contributed by atoms with Gasteiger partial charge in [-0.25, -0.2) is 4.98 Å². The lowest BCUT2D eigenvalue weighted by molar-refractivity contribution is 0.0607. The Kier molecular flexibility index (Phi) is 7.22. The fourth-order valence-corrected chi connectivity index (χ4v) is 5.66. The van der Waals surface area contributed by atoms with Gasteiger partial charge in [0.1, 0.15) is 5.69 Å². The van der Waals surface area contributed by atoms with Crippen molar-refractivity contribution >= 4 is 11.8 Å². The summed E-state index contributed by atoms with van der Waals surface area (Å²) < 4.78 is 0. The third-order valence-electron chi connectivity index (χ3n) is 8.42. The lowest BCUT2D eigenvalue weighted by Crippen LogP contribution is -2.45. The Balaban J connectivity index is 1.49. The maximum absolute atomic E-state index is 13.5. The van der Waals surface area contributed by atoms with Crippen LogP contribution in [0.5, 0.6) is 0 Å². The van der Waals surface area contributed by atoms with Gasteiger partial charge in [-0.2, -0.15) is 5.26 Å². The van der Waals surface area contributed by atoms with Crippen LogP contribution in [0.1, 0.15) is 84.1 Å². The number of aryl methyl sites for hydroxylation is 1. The molecule has 2 saturated heterocycles. The van der Waals surface area contributed by atoms with E-state index in [1.807, 2.05) is 49.1 Å². The molecule has 1 aromatic heterocycles. The first kappa shape index (κ1) is 25.9. The number of piperidine rings is 2. The number of nitriles is 1. The van der Waals surface area contributed by atoms with E-state index in [0.29, 0.717) is 48.8 Å². The molecule has 6 nitrogen and oxygen atoms in total. The monoisotopic (exact) mass is 486 g/mol. The number of amides is 2. The second-order valence-electron chi connectivity index (χ2n) is 11.6. The topological polar surface area (TPSA) is 77.3 Å². The molecule has 6 heteroatoms. The number of aromatic nitrogens is 1. The molecule has 0 unspecified atom stereocenters. The smallest absolute Gasteiger partial charge is 0.272 e. The van der Waals surface area contributed by atoms with Crippen LogP contribution in [0.2, 0.25) is 0 Å². The van der Waals surface area contributed by atoms with Crippen LogP contribution < -0.4 is 0 Å². The second-order valence-corrected chi connectivity index (χ2v) is 11.6. The van der Waals surface area contributed by atoms with E-state index in [1.54, 1.807) is 11.0 Å². The minimum atomic E-state index is -0.574. The summed E-state index contributed by atoms with van der Waals surface area (Å²) in [5.74, 6) is 0.429. The summed E-state index contributed by atoms with van der Waals surface area (Å²) >= 11 is 0. The van der Waals surface area contributed by atoms with Crippen LogP contribution in [0.25, 0.3) is 0 Å². The van der Waals surface area contributed by atoms with Gasteiger partial charge < -0.3 is 9.80 Å². The molecule has 0 atom stereocenters. The molecule has 3 heterocycles. The summed E-state index contributed by atoms with van der Waals surface area (Å²) in [6, 6.07) is 14.0. The lowest BCUT2D eigenvalue weighted by Gasteiger charge is -2.39. The molecule has 36 heavy (non-hydrogen) atoms. The average molecular weight is 487 g/mol. The average Bonchev–Trinajstić information content (AvgIpc) is 2.89. The van der Waals surface area contributed by atoms with Gasteiger partial charge in [-0.05, 0) is 68.1 Å². The minimum absolute atomic E-state index is 0.00868. The van der Waals surface area contributed by atoms with Crippen molar-refractivity contribution < 1.29 is 9.59 Å². The molecule has 190 valence electrons. The fourth-order valence-electron chi connectivity index (χ4n) is 5.66. The Labute approximate surface area is 215 Å². The third kappa shape index (κ3) is 5.02. The largest absolute Gasteiger partial charge is 0.339 e. The van der Waals surface area contributed by atoms with Gasteiger partial charge in [0.25, 0.3) is 11.8 Å². The predicted molar refractivity (Wildman–Crippen MR) is 141 cm³/mol. The Hall–Kier alpha value is -3.20. The molecule has 0 radical (unpaired) electrons. The first-order chi connectivity index (χ1) is 17.1. The van der Waals surface area contributed by atoms with Crippen molar-refractivity contribution in [3.63, 3.8) is 0 Å². The van der Waals surface area contributed by atoms with Crippen molar-refractivity contribution in [1.29, 1.82) is 5.26 Å². The van der Waals surface area contributed by atoms with E-state index in [1.165, 1.54) is 0 Å². The van der Waals surface area contributed by atoms with Crippen LogP contribution >= 0.6 is 0 Å². The number of likely N-dealkylation sites (tertiary alicyclic amines) is 2. The Bertz CT molecular complexity index is 1160. The van der Waals surface area contributed by atoms with Crippen molar-refractivity contribution in [3.8, 4) is 6.07 Å². The van der Waals surface area contributed by atoms with E-state index in [0.717, 1.165) is 37.1 Å². The number of nitrogens with zero attached hydrogens (tertiary/aromatic N) is 4. The molecule has 2 aromatic rings. The summed E-state index contributed by atoms with van der Waals surface area (Å²) in [5, 5.41) is 9.98. The number of benzene rings is 1. The van der Waals surface area contributed by atoms with E-state index in [9.17, 15) is 14.9 Å². The Morgan fingerprint density at radius 1 is 0.972 bits per heavy atom. The number of carbonyl (C=O) groups excluding carboxylic acids is 2. The molecule has 2 fully saturated rings. The first-order valence-electron chi connectivity index (χ1n) is 13.1. The Morgan fingerprint density at radius 2 is 1.56 bits per heavy atom. The molecule has 1 aromatic carbocycles. The maximum Gasteiger partial charge on any atom is 0.272 e. The van der Waals surface area contributed by atoms with Gasteiger partial charge in [0.2, 0.25) is 0 Å². The summed E-state index contributed by atoms with van der Waals surface area (Å²) in [7, 11) is 0. The molecule has 2 aliphatic heterocycles. The van der Waals surface area contributed by atoms with Gasteiger partial charge in [-0.3, -0.25) is 9.59 Å². The zero-order valence-electron chi connectivity index (χ0n) is 22.3. The highest BCUT2D eigenvalue weighted by Gasteiger charge is 2.38. The van der Waals surface area contributed by atoms with E-state index < -0.39 is 5.41 Å². The highest BCUT2D eigenvalue weighted by Crippen LogP contribution is 2.36. The first-order valence-corrected chi connectivity index (χ1v) is 13.1. The number of carbonyl (C=O) groups is 2. The van der Waals surface area contributed by atoms with Gasteiger partial charge in [-0.1, -0.05) is 51.1 Å². The number of pyridine rings is 1. The molecular formula is C30H38N4O2. The van der Waals surface area contributed by atoms with E-state index in [2.05, 4.69) is 31.8 Å². The van der Waals surface area contributed by atoms with Gasteiger partial charge in [0, 0.05) is 37.4 Å². The van der Waals surface area contributed by atoms with Crippen molar-refractivity contribution in [1.82, 2.24) is 14.8 Å². The van der Waals surface area contributed by atoms with Crippen LogP contribution in [0, 0.1) is 36.5 Å². The van der Waals surface area contributed by atoms with Crippen LogP contribution in [0.4, 0.5) is 0 Å². The number of rotatable bonds is 3. The second kappa shape index (κ2) is 10.0. The zero-order chi connectivity index (χ0) is 26.1. The molecular weight excluding hydrogens is 448 g/mol. The highest BCUT2D eigenvalue weighted by molar-refractivity contribution is 6.00. The van der Waals surface area contributed by atoms with Crippen molar-refractivity contribution in [2.75, 3.05) is 26.2 Å².